The monoisotopic (exact) mass is 764 g/mol. The first-order chi connectivity index (χ1) is 29.7. The third kappa shape index (κ3) is 6.41. The first-order valence-electron chi connectivity index (χ1n) is 20.6. The van der Waals surface area contributed by atoms with E-state index in [4.69, 9.17) is 0 Å². The summed E-state index contributed by atoms with van der Waals surface area (Å²) in [6, 6.07) is 87.7. The molecule has 2 heteroatoms. The molecule has 2 nitrogen and oxygen atoms in total. The van der Waals surface area contributed by atoms with Gasteiger partial charge in [0.05, 0.1) is 16.7 Å². The van der Waals surface area contributed by atoms with Gasteiger partial charge in [-0.05, 0) is 111 Å². The zero-order valence-corrected chi connectivity index (χ0v) is 33.0. The molecule has 0 fully saturated rings. The lowest BCUT2D eigenvalue weighted by molar-refractivity contribution is 1.20. The molecule has 0 saturated carbocycles. The Hall–Kier alpha value is -7.94. The van der Waals surface area contributed by atoms with Crippen molar-refractivity contribution < 1.29 is 0 Å². The van der Waals surface area contributed by atoms with E-state index < -0.39 is 0 Å². The fourth-order valence-electron chi connectivity index (χ4n) is 8.79. The predicted molar refractivity (Wildman–Crippen MR) is 255 cm³/mol. The van der Waals surface area contributed by atoms with Crippen LogP contribution in [0.3, 0.4) is 0 Å². The van der Waals surface area contributed by atoms with Gasteiger partial charge < -0.3 is 9.47 Å². The van der Waals surface area contributed by atoms with Gasteiger partial charge in [-0.1, -0.05) is 182 Å². The van der Waals surface area contributed by atoms with Crippen LogP contribution in [0.15, 0.2) is 243 Å². The van der Waals surface area contributed by atoms with Crippen molar-refractivity contribution in [3.8, 4) is 50.2 Å². The molecule has 0 aliphatic rings. The molecule has 0 spiro atoms. The average Bonchev–Trinajstić information content (AvgIpc) is 3.66. The summed E-state index contributed by atoms with van der Waals surface area (Å²) in [5.41, 5.74) is 16.5. The standard InChI is InChI=1S/C58H40N2/c1-3-12-41(13-4-1)43-22-24-44(25-23-43)46-28-35-51(36-29-46)59(50-33-26-45(27-34-50)42-14-5-2-6-15-42)52-37-30-47(31-38-52)49-32-39-58-55(40-49)54-19-9-10-20-57(54)60(58)56-21-11-17-48-16-7-8-18-53(48)56/h1-40H. The van der Waals surface area contributed by atoms with Gasteiger partial charge >= 0.3 is 0 Å². The second-order valence-corrected chi connectivity index (χ2v) is 15.4. The molecule has 282 valence electrons. The highest BCUT2D eigenvalue weighted by molar-refractivity contribution is 6.11. The summed E-state index contributed by atoms with van der Waals surface area (Å²) in [6.07, 6.45) is 0. The van der Waals surface area contributed by atoms with Gasteiger partial charge in [0.1, 0.15) is 0 Å². The van der Waals surface area contributed by atoms with Crippen molar-refractivity contribution in [1.29, 1.82) is 0 Å². The van der Waals surface area contributed by atoms with Gasteiger partial charge in [0, 0.05) is 33.2 Å². The zero-order valence-electron chi connectivity index (χ0n) is 33.0. The molecule has 0 aliphatic heterocycles. The van der Waals surface area contributed by atoms with Crippen molar-refractivity contribution in [2.24, 2.45) is 0 Å². The number of nitrogens with zero attached hydrogens (tertiary/aromatic N) is 2. The Bertz CT molecular complexity index is 3250. The molecule has 11 rings (SSSR count). The average molecular weight is 765 g/mol. The van der Waals surface area contributed by atoms with Gasteiger partial charge in [-0.25, -0.2) is 0 Å². The van der Waals surface area contributed by atoms with Gasteiger partial charge in [0.15, 0.2) is 0 Å². The van der Waals surface area contributed by atoms with E-state index in [1.807, 2.05) is 0 Å². The van der Waals surface area contributed by atoms with E-state index in [0.717, 1.165) is 17.1 Å². The van der Waals surface area contributed by atoms with E-state index >= 15 is 0 Å². The summed E-state index contributed by atoms with van der Waals surface area (Å²) in [4.78, 5) is 2.35. The summed E-state index contributed by atoms with van der Waals surface area (Å²) >= 11 is 0. The maximum Gasteiger partial charge on any atom is 0.0541 e. The number of anilines is 3. The molecule has 0 N–H and O–H groups in total. The summed E-state index contributed by atoms with van der Waals surface area (Å²) in [7, 11) is 0. The number of hydrogen-bond donors (Lipinski definition) is 0. The number of para-hydroxylation sites is 1. The highest BCUT2D eigenvalue weighted by Crippen LogP contribution is 2.40. The van der Waals surface area contributed by atoms with Crippen LogP contribution in [0.2, 0.25) is 0 Å². The SMILES string of the molecule is c1ccc(-c2ccc(-c3ccc(N(c4ccc(-c5ccccc5)cc4)c4ccc(-c5ccc6c(c5)c5ccccc5n6-c5cccc6ccccc56)cc4)cc3)cc2)cc1. The van der Waals surface area contributed by atoms with Gasteiger partial charge in [-0.3, -0.25) is 0 Å². The Balaban J connectivity index is 0.955. The molecule has 0 atom stereocenters. The van der Waals surface area contributed by atoms with E-state index in [9.17, 15) is 0 Å². The van der Waals surface area contributed by atoms with Crippen molar-refractivity contribution in [2.75, 3.05) is 4.90 Å². The molecular formula is C58H40N2. The topological polar surface area (TPSA) is 8.17 Å². The van der Waals surface area contributed by atoms with Crippen LogP contribution >= 0.6 is 0 Å². The summed E-state index contributed by atoms with van der Waals surface area (Å²) in [5, 5.41) is 4.98. The number of hydrogen-bond acceptors (Lipinski definition) is 1. The quantitative estimate of drug-likeness (QED) is 0.150. The van der Waals surface area contributed by atoms with E-state index in [1.54, 1.807) is 0 Å². The van der Waals surface area contributed by atoms with Crippen molar-refractivity contribution >= 4 is 49.6 Å². The molecule has 0 bridgehead atoms. The van der Waals surface area contributed by atoms with Crippen molar-refractivity contribution in [1.82, 2.24) is 4.57 Å². The van der Waals surface area contributed by atoms with Crippen LogP contribution in [0.1, 0.15) is 0 Å². The van der Waals surface area contributed by atoms with Crippen LogP contribution in [-0.2, 0) is 0 Å². The normalized spacial score (nSPS) is 11.3. The van der Waals surface area contributed by atoms with Crippen molar-refractivity contribution in [3.63, 3.8) is 0 Å². The molecule has 0 radical (unpaired) electrons. The number of fused-ring (bicyclic) bond motifs is 4. The predicted octanol–water partition coefficient (Wildman–Crippen LogP) is 16.1. The number of rotatable bonds is 8. The highest BCUT2D eigenvalue weighted by Gasteiger charge is 2.17. The van der Waals surface area contributed by atoms with Gasteiger partial charge in [-0.15, -0.1) is 0 Å². The molecule has 60 heavy (non-hydrogen) atoms. The van der Waals surface area contributed by atoms with Crippen LogP contribution in [0.4, 0.5) is 17.1 Å². The molecule has 0 amide bonds. The molecule has 10 aromatic carbocycles. The Morgan fingerprint density at radius 2 is 0.633 bits per heavy atom. The maximum absolute atomic E-state index is 2.42. The number of benzene rings is 10. The van der Waals surface area contributed by atoms with Gasteiger partial charge in [-0.2, -0.15) is 0 Å². The zero-order chi connectivity index (χ0) is 39.8. The summed E-state index contributed by atoms with van der Waals surface area (Å²) in [6.45, 7) is 0. The van der Waals surface area contributed by atoms with Crippen molar-refractivity contribution in [3.05, 3.63) is 243 Å². The molecule has 0 aliphatic carbocycles. The van der Waals surface area contributed by atoms with Crippen LogP contribution < -0.4 is 4.90 Å². The van der Waals surface area contributed by atoms with E-state index in [1.165, 1.54) is 82.8 Å². The number of aromatic nitrogens is 1. The Morgan fingerprint density at radius 3 is 1.18 bits per heavy atom. The minimum Gasteiger partial charge on any atom is -0.311 e. The Labute approximate surface area is 350 Å². The van der Waals surface area contributed by atoms with Crippen LogP contribution in [0.25, 0.3) is 82.8 Å². The first-order valence-corrected chi connectivity index (χ1v) is 20.6. The Kier molecular flexibility index (Phi) is 8.87. The van der Waals surface area contributed by atoms with E-state index in [0.29, 0.717) is 0 Å². The molecule has 11 aromatic rings. The highest BCUT2D eigenvalue weighted by atomic mass is 15.1. The lowest BCUT2D eigenvalue weighted by atomic mass is 10.00. The summed E-state index contributed by atoms with van der Waals surface area (Å²) in [5.74, 6) is 0. The van der Waals surface area contributed by atoms with E-state index in [2.05, 4.69) is 252 Å². The fourth-order valence-corrected chi connectivity index (χ4v) is 8.79. The minimum atomic E-state index is 1.10. The third-order valence-corrected chi connectivity index (χ3v) is 11.8. The van der Waals surface area contributed by atoms with Crippen molar-refractivity contribution in [2.45, 2.75) is 0 Å². The first kappa shape index (κ1) is 35.2. The summed E-state index contributed by atoms with van der Waals surface area (Å²) < 4.78 is 2.42. The van der Waals surface area contributed by atoms with Crippen LogP contribution in [0.5, 0.6) is 0 Å². The molecule has 1 aromatic heterocycles. The Morgan fingerprint density at radius 1 is 0.250 bits per heavy atom. The van der Waals surface area contributed by atoms with Crippen LogP contribution in [-0.4, -0.2) is 4.57 Å². The fraction of sp³-hybridized carbons (Fsp3) is 0. The smallest absolute Gasteiger partial charge is 0.0541 e. The second kappa shape index (κ2) is 15.1. The van der Waals surface area contributed by atoms with E-state index in [-0.39, 0.29) is 0 Å². The lowest BCUT2D eigenvalue weighted by Crippen LogP contribution is -2.09. The minimum absolute atomic E-state index is 1.10. The van der Waals surface area contributed by atoms with Gasteiger partial charge in [0.25, 0.3) is 0 Å². The lowest BCUT2D eigenvalue weighted by Gasteiger charge is -2.26. The molecular weight excluding hydrogens is 725 g/mol. The molecule has 1 heterocycles. The largest absolute Gasteiger partial charge is 0.311 e. The maximum atomic E-state index is 2.42. The third-order valence-electron chi connectivity index (χ3n) is 11.8. The molecule has 0 saturated heterocycles. The molecule has 0 unspecified atom stereocenters. The second-order valence-electron chi connectivity index (χ2n) is 15.4. The van der Waals surface area contributed by atoms with Crippen LogP contribution in [0, 0.1) is 0 Å². The van der Waals surface area contributed by atoms with Gasteiger partial charge in [0.2, 0.25) is 0 Å².